The van der Waals surface area contributed by atoms with Crippen LogP contribution in [0.1, 0.15) is 35.4 Å². The van der Waals surface area contributed by atoms with E-state index in [0.29, 0.717) is 28.5 Å². The Kier molecular flexibility index (Phi) is 3.79. The number of carboxylic acids is 1. The van der Waals surface area contributed by atoms with Crippen molar-refractivity contribution in [2.24, 2.45) is 0 Å². The lowest BCUT2D eigenvalue weighted by Crippen LogP contribution is -2.13. The van der Waals surface area contributed by atoms with E-state index in [1.807, 2.05) is 32.9 Å². The molecule has 1 atom stereocenters. The van der Waals surface area contributed by atoms with Crippen LogP contribution in [0.3, 0.4) is 0 Å². The smallest absolute Gasteiger partial charge is 0.310 e. The number of pyridine rings is 1. The number of aliphatic carboxylic acids is 1. The molecule has 104 valence electrons. The Hall–Kier alpha value is -2.30. The SMILES string of the molecule is Cc1ccnc(-c2nc(C)c(C(C)C(=O)O)c(C)n2)c1. The van der Waals surface area contributed by atoms with Crippen molar-refractivity contribution < 1.29 is 9.90 Å². The molecule has 0 amide bonds. The lowest BCUT2D eigenvalue weighted by atomic mass is 9.98. The number of aryl methyl sites for hydroxylation is 3. The molecular weight excluding hydrogens is 254 g/mol. The molecule has 0 saturated heterocycles. The molecular formula is C15H17N3O2. The van der Waals surface area contributed by atoms with Crippen LogP contribution in [0.25, 0.3) is 11.5 Å². The molecule has 2 aromatic heterocycles. The van der Waals surface area contributed by atoms with Crippen LogP contribution < -0.4 is 0 Å². The maximum absolute atomic E-state index is 11.1. The lowest BCUT2D eigenvalue weighted by Gasteiger charge is -2.14. The summed E-state index contributed by atoms with van der Waals surface area (Å²) in [7, 11) is 0. The van der Waals surface area contributed by atoms with Gasteiger partial charge in [-0.25, -0.2) is 9.97 Å². The van der Waals surface area contributed by atoms with E-state index in [1.165, 1.54) is 0 Å². The van der Waals surface area contributed by atoms with Gasteiger partial charge in [0.15, 0.2) is 5.82 Å². The van der Waals surface area contributed by atoms with Gasteiger partial charge < -0.3 is 5.11 Å². The molecule has 5 nitrogen and oxygen atoms in total. The van der Waals surface area contributed by atoms with Crippen molar-refractivity contribution in [1.82, 2.24) is 15.0 Å². The van der Waals surface area contributed by atoms with Crippen LogP contribution in [0.15, 0.2) is 18.3 Å². The standard InChI is InChI=1S/C15H17N3O2/c1-8-5-6-16-12(7-8)14-17-10(3)13(11(4)18-14)9(2)15(19)20/h5-7,9H,1-4H3,(H,19,20). The summed E-state index contributed by atoms with van der Waals surface area (Å²) in [5.41, 5.74) is 3.83. The summed E-state index contributed by atoms with van der Waals surface area (Å²) in [6, 6.07) is 3.82. The van der Waals surface area contributed by atoms with Crippen LogP contribution in [0.2, 0.25) is 0 Å². The molecule has 0 aromatic carbocycles. The summed E-state index contributed by atoms with van der Waals surface area (Å²) in [6.07, 6.45) is 1.71. The molecule has 0 aliphatic heterocycles. The minimum atomic E-state index is -0.874. The number of hydrogen-bond donors (Lipinski definition) is 1. The number of rotatable bonds is 3. The predicted octanol–water partition coefficient (Wildman–Crippen LogP) is 2.65. The topological polar surface area (TPSA) is 76.0 Å². The fourth-order valence-electron chi connectivity index (χ4n) is 2.25. The highest BCUT2D eigenvalue weighted by molar-refractivity contribution is 5.76. The third-order valence-electron chi connectivity index (χ3n) is 3.27. The van der Waals surface area contributed by atoms with Gasteiger partial charge in [-0.15, -0.1) is 0 Å². The van der Waals surface area contributed by atoms with Crippen molar-refractivity contribution in [3.05, 3.63) is 40.8 Å². The first-order chi connectivity index (χ1) is 9.40. The number of carboxylic acid groups (broad SMARTS) is 1. The minimum absolute atomic E-state index is 0.532. The molecule has 5 heteroatoms. The Balaban J connectivity index is 2.53. The first-order valence-electron chi connectivity index (χ1n) is 6.41. The van der Waals surface area contributed by atoms with Crippen LogP contribution in [-0.2, 0) is 4.79 Å². The highest BCUT2D eigenvalue weighted by atomic mass is 16.4. The quantitative estimate of drug-likeness (QED) is 0.928. The van der Waals surface area contributed by atoms with Crippen LogP contribution in [0, 0.1) is 20.8 Å². The summed E-state index contributed by atoms with van der Waals surface area (Å²) in [6.45, 7) is 7.24. The van der Waals surface area contributed by atoms with Crippen molar-refractivity contribution in [3.8, 4) is 11.5 Å². The van der Waals surface area contributed by atoms with E-state index in [0.717, 1.165) is 5.56 Å². The molecule has 0 aliphatic carbocycles. The average Bonchev–Trinajstić information content (AvgIpc) is 2.37. The van der Waals surface area contributed by atoms with Gasteiger partial charge in [0.2, 0.25) is 0 Å². The van der Waals surface area contributed by atoms with Crippen LogP contribution >= 0.6 is 0 Å². The Morgan fingerprint density at radius 1 is 1.20 bits per heavy atom. The fraction of sp³-hybridized carbons (Fsp3) is 0.333. The maximum atomic E-state index is 11.1. The van der Waals surface area contributed by atoms with E-state index in [4.69, 9.17) is 5.11 Å². The molecule has 0 spiro atoms. The second kappa shape index (κ2) is 5.36. The molecule has 0 radical (unpaired) electrons. The van der Waals surface area contributed by atoms with Crippen molar-refractivity contribution in [2.45, 2.75) is 33.6 Å². The Morgan fingerprint density at radius 3 is 2.30 bits per heavy atom. The molecule has 0 fully saturated rings. The summed E-state index contributed by atoms with van der Waals surface area (Å²) in [4.78, 5) is 24.2. The first kappa shape index (κ1) is 14.1. The van der Waals surface area contributed by atoms with Crippen molar-refractivity contribution in [2.75, 3.05) is 0 Å². The number of hydrogen-bond acceptors (Lipinski definition) is 4. The predicted molar refractivity (Wildman–Crippen MR) is 75.5 cm³/mol. The van der Waals surface area contributed by atoms with Crippen LogP contribution in [0.5, 0.6) is 0 Å². The molecule has 0 saturated carbocycles. The van der Waals surface area contributed by atoms with Crippen molar-refractivity contribution in [1.29, 1.82) is 0 Å². The van der Waals surface area contributed by atoms with E-state index >= 15 is 0 Å². The number of aromatic nitrogens is 3. The van der Waals surface area contributed by atoms with E-state index in [9.17, 15) is 4.79 Å². The maximum Gasteiger partial charge on any atom is 0.310 e. The second-order valence-corrected chi connectivity index (χ2v) is 4.91. The van der Waals surface area contributed by atoms with E-state index in [2.05, 4.69) is 15.0 Å². The molecule has 0 bridgehead atoms. The average molecular weight is 271 g/mol. The monoisotopic (exact) mass is 271 g/mol. The Bertz CT molecular complexity index is 645. The Labute approximate surface area is 117 Å². The van der Waals surface area contributed by atoms with Crippen LogP contribution in [-0.4, -0.2) is 26.0 Å². The fourth-order valence-corrected chi connectivity index (χ4v) is 2.25. The normalized spacial score (nSPS) is 12.2. The van der Waals surface area contributed by atoms with Gasteiger partial charge in [-0.05, 0) is 45.4 Å². The molecule has 0 aliphatic rings. The van der Waals surface area contributed by atoms with Gasteiger partial charge in [-0.1, -0.05) is 0 Å². The zero-order valence-electron chi connectivity index (χ0n) is 12.0. The van der Waals surface area contributed by atoms with Crippen molar-refractivity contribution in [3.63, 3.8) is 0 Å². The first-order valence-corrected chi connectivity index (χ1v) is 6.41. The highest BCUT2D eigenvalue weighted by Gasteiger charge is 2.21. The Morgan fingerprint density at radius 2 is 1.80 bits per heavy atom. The summed E-state index contributed by atoms with van der Waals surface area (Å²) in [5, 5.41) is 9.14. The van der Waals surface area contributed by atoms with Crippen molar-refractivity contribution >= 4 is 5.97 Å². The lowest BCUT2D eigenvalue weighted by molar-refractivity contribution is -0.138. The largest absolute Gasteiger partial charge is 0.481 e. The summed E-state index contributed by atoms with van der Waals surface area (Å²) >= 11 is 0. The third kappa shape index (κ3) is 2.66. The molecule has 1 N–H and O–H groups in total. The zero-order chi connectivity index (χ0) is 14.9. The molecule has 2 rings (SSSR count). The number of carbonyl (C=O) groups is 1. The molecule has 2 heterocycles. The van der Waals surface area contributed by atoms with E-state index in [1.54, 1.807) is 13.1 Å². The van der Waals surface area contributed by atoms with E-state index in [-0.39, 0.29) is 0 Å². The second-order valence-electron chi connectivity index (χ2n) is 4.91. The van der Waals surface area contributed by atoms with E-state index < -0.39 is 11.9 Å². The van der Waals surface area contributed by atoms with Gasteiger partial charge in [0.25, 0.3) is 0 Å². The number of nitrogens with zero attached hydrogens (tertiary/aromatic N) is 3. The van der Waals surface area contributed by atoms with Gasteiger partial charge in [-0.3, -0.25) is 9.78 Å². The minimum Gasteiger partial charge on any atom is -0.481 e. The zero-order valence-corrected chi connectivity index (χ0v) is 12.0. The summed E-state index contributed by atoms with van der Waals surface area (Å²) in [5.74, 6) is -0.958. The van der Waals surface area contributed by atoms with Gasteiger partial charge in [0.05, 0.1) is 5.92 Å². The van der Waals surface area contributed by atoms with Gasteiger partial charge in [0.1, 0.15) is 5.69 Å². The highest BCUT2D eigenvalue weighted by Crippen LogP contribution is 2.24. The molecule has 20 heavy (non-hydrogen) atoms. The van der Waals surface area contributed by atoms with Gasteiger partial charge in [-0.2, -0.15) is 0 Å². The molecule has 2 aromatic rings. The van der Waals surface area contributed by atoms with Crippen LogP contribution in [0.4, 0.5) is 0 Å². The van der Waals surface area contributed by atoms with Gasteiger partial charge >= 0.3 is 5.97 Å². The summed E-state index contributed by atoms with van der Waals surface area (Å²) < 4.78 is 0. The third-order valence-corrected chi connectivity index (χ3v) is 3.27. The molecule has 1 unspecified atom stereocenters. The van der Waals surface area contributed by atoms with Gasteiger partial charge in [0, 0.05) is 23.1 Å².